The van der Waals surface area contributed by atoms with Crippen LogP contribution in [0.5, 0.6) is 0 Å². The molecule has 0 radical (unpaired) electrons. The normalized spacial score (nSPS) is 13.8. The molecular formula is C24H27N5O3S. The van der Waals surface area contributed by atoms with Gasteiger partial charge in [0.2, 0.25) is 5.91 Å². The molecule has 0 atom stereocenters. The van der Waals surface area contributed by atoms with Gasteiger partial charge in [-0.2, -0.15) is 0 Å². The second-order valence-corrected chi connectivity index (χ2v) is 8.61. The average molecular weight is 466 g/mol. The van der Waals surface area contributed by atoms with E-state index in [1.165, 1.54) is 11.8 Å². The molecule has 1 saturated heterocycles. The molecule has 3 aromatic rings. The van der Waals surface area contributed by atoms with Gasteiger partial charge in [-0.05, 0) is 19.1 Å². The van der Waals surface area contributed by atoms with Gasteiger partial charge in [-0.15, -0.1) is 0 Å². The van der Waals surface area contributed by atoms with Crippen LogP contribution < -0.4 is 10.2 Å². The Balaban J connectivity index is 1.54. The molecule has 172 valence electrons. The monoisotopic (exact) mass is 465 g/mol. The number of carbonyl (C=O) groups excluding carboxylic acids is 2. The van der Waals surface area contributed by atoms with E-state index in [4.69, 9.17) is 14.4 Å². The molecule has 0 unspecified atom stereocenters. The van der Waals surface area contributed by atoms with Crippen molar-refractivity contribution in [2.24, 2.45) is 0 Å². The summed E-state index contributed by atoms with van der Waals surface area (Å²) in [4.78, 5) is 37.2. The second-order valence-electron chi connectivity index (χ2n) is 7.67. The molecule has 2 amide bonds. The summed E-state index contributed by atoms with van der Waals surface area (Å²) in [5.41, 5.74) is 1.86. The van der Waals surface area contributed by atoms with Gasteiger partial charge in [0.25, 0.3) is 5.91 Å². The lowest BCUT2D eigenvalue weighted by Gasteiger charge is -2.35. The van der Waals surface area contributed by atoms with Crippen LogP contribution in [0.1, 0.15) is 30.2 Å². The van der Waals surface area contributed by atoms with Crippen LogP contribution in [0.15, 0.2) is 58.1 Å². The standard InChI is InChI=1S/C24H27N5O3S/c1-3-25-23(31)21-10-9-19(32-21)16-33-24-26-20(18-7-5-4-6-8-18)15-22(27-24)29-13-11-28(12-14-29)17(2)30/h4-10,15H,3,11-14,16H2,1-2H3,(H,25,31). The Labute approximate surface area is 197 Å². The average Bonchev–Trinajstić information content (AvgIpc) is 3.33. The Morgan fingerprint density at radius 3 is 2.52 bits per heavy atom. The van der Waals surface area contributed by atoms with Crippen molar-refractivity contribution in [3.8, 4) is 11.3 Å². The van der Waals surface area contributed by atoms with Crippen molar-refractivity contribution in [2.75, 3.05) is 37.6 Å². The molecule has 0 aliphatic carbocycles. The van der Waals surface area contributed by atoms with Gasteiger partial charge in [-0.3, -0.25) is 9.59 Å². The number of piperazine rings is 1. The fraction of sp³-hybridized carbons (Fsp3) is 0.333. The van der Waals surface area contributed by atoms with Gasteiger partial charge in [-0.1, -0.05) is 42.1 Å². The summed E-state index contributed by atoms with van der Waals surface area (Å²) >= 11 is 1.47. The first-order valence-corrected chi connectivity index (χ1v) is 12.0. The van der Waals surface area contributed by atoms with E-state index in [9.17, 15) is 9.59 Å². The number of furan rings is 1. The first-order chi connectivity index (χ1) is 16.0. The molecule has 4 rings (SSSR count). The Kier molecular flexibility index (Phi) is 7.29. The van der Waals surface area contributed by atoms with Crippen molar-refractivity contribution in [1.29, 1.82) is 0 Å². The van der Waals surface area contributed by atoms with Gasteiger partial charge < -0.3 is 19.5 Å². The third kappa shape index (κ3) is 5.73. The number of nitrogens with zero attached hydrogens (tertiary/aromatic N) is 4. The molecule has 8 nitrogen and oxygen atoms in total. The predicted octanol–water partition coefficient (Wildman–Crippen LogP) is 3.45. The summed E-state index contributed by atoms with van der Waals surface area (Å²) in [6.07, 6.45) is 0. The number of hydrogen-bond donors (Lipinski definition) is 1. The van der Waals surface area contributed by atoms with Gasteiger partial charge >= 0.3 is 0 Å². The summed E-state index contributed by atoms with van der Waals surface area (Å²) in [6.45, 7) is 6.83. The molecule has 0 spiro atoms. The van der Waals surface area contributed by atoms with Crippen LogP contribution in [-0.2, 0) is 10.5 Å². The first kappa shape index (κ1) is 22.8. The van der Waals surface area contributed by atoms with Gasteiger partial charge in [0.05, 0.1) is 11.4 Å². The Morgan fingerprint density at radius 2 is 1.82 bits per heavy atom. The molecular weight excluding hydrogens is 438 g/mol. The van der Waals surface area contributed by atoms with Crippen LogP contribution in [0.3, 0.4) is 0 Å². The molecule has 1 aliphatic heterocycles. The first-order valence-electron chi connectivity index (χ1n) is 11.0. The Bertz CT molecular complexity index is 1110. The van der Waals surface area contributed by atoms with Crippen molar-refractivity contribution in [3.05, 3.63) is 60.1 Å². The highest BCUT2D eigenvalue weighted by molar-refractivity contribution is 7.98. The number of thioether (sulfide) groups is 1. The zero-order valence-electron chi connectivity index (χ0n) is 18.8. The minimum Gasteiger partial charge on any atom is -0.455 e. The summed E-state index contributed by atoms with van der Waals surface area (Å²) in [5.74, 6) is 2.22. The van der Waals surface area contributed by atoms with E-state index in [1.807, 2.05) is 48.2 Å². The lowest BCUT2D eigenvalue weighted by atomic mass is 10.1. The van der Waals surface area contributed by atoms with Crippen LogP contribution in [0.4, 0.5) is 5.82 Å². The van der Waals surface area contributed by atoms with Crippen LogP contribution in [0.2, 0.25) is 0 Å². The van der Waals surface area contributed by atoms with Crippen LogP contribution in [0, 0.1) is 0 Å². The second kappa shape index (κ2) is 10.5. The van der Waals surface area contributed by atoms with E-state index in [0.29, 0.717) is 42.1 Å². The van der Waals surface area contributed by atoms with E-state index < -0.39 is 0 Å². The van der Waals surface area contributed by atoms with E-state index in [2.05, 4.69) is 10.2 Å². The largest absolute Gasteiger partial charge is 0.455 e. The number of amides is 2. The van der Waals surface area contributed by atoms with Crippen molar-refractivity contribution in [2.45, 2.75) is 24.8 Å². The quantitative estimate of drug-likeness (QED) is 0.422. The summed E-state index contributed by atoms with van der Waals surface area (Å²) < 4.78 is 5.68. The van der Waals surface area contributed by atoms with Crippen molar-refractivity contribution in [1.82, 2.24) is 20.2 Å². The number of carbonyl (C=O) groups is 2. The van der Waals surface area contributed by atoms with Crippen LogP contribution in [-0.4, -0.2) is 59.4 Å². The van der Waals surface area contributed by atoms with Gasteiger partial charge in [0.1, 0.15) is 11.6 Å². The van der Waals surface area contributed by atoms with E-state index in [1.54, 1.807) is 19.1 Å². The summed E-state index contributed by atoms with van der Waals surface area (Å²) in [5, 5.41) is 3.37. The van der Waals surface area contributed by atoms with Crippen LogP contribution in [0.25, 0.3) is 11.3 Å². The van der Waals surface area contributed by atoms with Crippen molar-refractivity contribution < 1.29 is 14.0 Å². The highest BCUT2D eigenvalue weighted by Gasteiger charge is 2.21. The topological polar surface area (TPSA) is 91.6 Å². The molecule has 1 N–H and O–H groups in total. The molecule has 2 aromatic heterocycles. The zero-order valence-corrected chi connectivity index (χ0v) is 19.6. The highest BCUT2D eigenvalue weighted by atomic mass is 32.2. The lowest BCUT2D eigenvalue weighted by Crippen LogP contribution is -2.48. The molecule has 1 aliphatic rings. The molecule has 3 heterocycles. The number of nitrogens with one attached hydrogen (secondary N) is 1. The zero-order chi connectivity index (χ0) is 23.2. The van der Waals surface area contributed by atoms with Crippen molar-refractivity contribution in [3.63, 3.8) is 0 Å². The maximum atomic E-state index is 12.0. The molecule has 1 aromatic carbocycles. The summed E-state index contributed by atoms with van der Waals surface area (Å²) in [7, 11) is 0. The fourth-order valence-corrected chi connectivity index (χ4v) is 4.36. The minimum atomic E-state index is -0.219. The Morgan fingerprint density at radius 1 is 1.06 bits per heavy atom. The number of rotatable bonds is 7. The molecule has 9 heteroatoms. The molecule has 1 fully saturated rings. The van der Waals surface area contributed by atoms with Crippen LogP contribution >= 0.6 is 11.8 Å². The third-order valence-electron chi connectivity index (χ3n) is 5.38. The minimum absolute atomic E-state index is 0.101. The van der Waals surface area contributed by atoms with Gasteiger partial charge in [-0.25, -0.2) is 9.97 Å². The van der Waals surface area contributed by atoms with E-state index >= 15 is 0 Å². The number of aromatic nitrogens is 2. The molecule has 0 bridgehead atoms. The molecule has 0 saturated carbocycles. The predicted molar refractivity (Wildman–Crippen MR) is 128 cm³/mol. The van der Waals surface area contributed by atoms with E-state index in [0.717, 1.165) is 30.2 Å². The smallest absolute Gasteiger partial charge is 0.286 e. The number of anilines is 1. The highest BCUT2D eigenvalue weighted by Crippen LogP contribution is 2.28. The Hall–Kier alpha value is -3.33. The maximum absolute atomic E-state index is 12.0. The van der Waals surface area contributed by atoms with E-state index in [-0.39, 0.29) is 11.8 Å². The number of hydrogen-bond acceptors (Lipinski definition) is 7. The summed E-state index contributed by atoms with van der Waals surface area (Å²) in [6, 6.07) is 15.5. The maximum Gasteiger partial charge on any atom is 0.286 e. The third-order valence-corrected chi connectivity index (χ3v) is 6.25. The SMILES string of the molecule is CCNC(=O)c1ccc(CSc2nc(-c3ccccc3)cc(N3CCN(C(C)=O)CC3)n2)o1. The van der Waals surface area contributed by atoms with Gasteiger partial charge in [0, 0.05) is 51.3 Å². The lowest BCUT2D eigenvalue weighted by molar-refractivity contribution is -0.129. The van der Waals surface area contributed by atoms with Crippen molar-refractivity contribution >= 4 is 29.4 Å². The fourth-order valence-electron chi connectivity index (χ4n) is 3.61. The van der Waals surface area contributed by atoms with Gasteiger partial charge in [0.15, 0.2) is 10.9 Å². The number of benzene rings is 1. The molecule has 33 heavy (non-hydrogen) atoms.